The van der Waals surface area contributed by atoms with Gasteiger partial charge in [-0.2, -0.15) is 0 Å². The fourth-order valence-electron chi connectivity index (χ4n) is 2.22. The van der Waals surface area contributed by atoms with Crippen molar-refractivity contribution in [2.24, 2.45) is 0 Å². The number of methoxy groups -OCH3 is 1. The number of likely N-dealkylation sites (N-methyl/N-ethyl adjacent to an activating group) is 1. The van der Waals surface area contributed by atoms with Gasteiger partial charge in [-0.05, 0) is 31.2 Å². The van der Waals surface area contributed by atoms with Crippen LogP contribution in [0, 0.1) is 0 Å². The molecule has 1 amide bonds. The van der Waals surface area contributed by atoms with E-state index in [4.69, 9.17) is 4.74 Å². The van der Waals surface area contributed by atoms with Gasteiger partial charge in [0.05, 0.1) is 12.7 Å². The molecule has 0 heterocycles. The molecule has 5 heteroatoms. The SMILES string of the molecule is COc1ccc(C(=O)NC[C@H](C)N(C)c2ccccc2)c(O)c1. The molecule has 0 aliphatic heterocycles. The Balaban J connectivity index is 1.96. The summed E-state index contributed by atoms with van der Waals surface area (Å²) in [7, 11) is 3.49. The van der Waals surface area contributed by atoms with Gasteiger partial charge >= 0.3 is 0 Å². The summed E-state index contributed by atoms with van der Waals surface area (Å²) in [5.74, 6) is 0.112. The lowest BCUT2D eigenvalue weighted by Crippen LogP contribution is -2.40. The topological polar surface area (TPSA) is 61.8 Å². The molecule has 0 unspecified atom stereocenters. The third-order valence-corrected chi connectivity index (χ3v) is 3.83. The summed E-state index contributed by atoms with van der Waals surface area (Å²) in [4.78, 5) is 14.3. The number of aromatic hydroxyl groups is 1. The molecule has 5 nitrogen and oxygen atoms in total. The van der Waals surface area contributed by atoms with Crippen LogP contribution >= 0.6 is 0 Å². The number of nitrogens with one attached hydrogen (secondary N) is 1. The number of rotatable bonds is 6. The van der Waals surface area contributed by atoms with Crippen molar-refractivity contribution in [1.82, 2.24) is 5.32 Å². The van der Waals surface area contributed by atoms with Crippen molar-refractivity contribution in [3.63, 3.8) is 0 Å². The molecule has 2 aromatic rings. The Morgan fingerprint density at radius 2 is 1.96 bits per heavy atom. The van der Waals surface area contributed by atoms with E-state index in [9.17, 15) is 9.90 Å². The average Bonchev–Trinajstić information content (AvgIpc) is 2.59. The van der Waals surface area contributed by atoms with Gasteiger partial charge in [0, 0.05) is 31.4 Å². The second kappa shape index (κ2) is 7.54. The fraction of sp³-hybridized carbons (Fsp3) is 0.278. The van der Waals surface area contributed by atoms with E-state index in [2.05, 4.69) is 10.2 Å². The van der Waals surface area contributed by atoms with E-state index in [0.717, 1.165) is 5.69 Å². The molecular weight excluding hydrogens is 292 g/mol. The average molecular weight is 314 g/mol. The number of phenols is 1. The fourth-order valence-corrected chi connectivity index (χ4v) is 2.22. The molecule has 0 radical (unpaired) electrons. The third kappa shape index (κ3) is 4.16. The molecule has 0 bridgehead atoms. The summed E-state index contributed by atoms with van der Waals surface area (Å²) >= 11 is 0. The molecule has 122 valence electrons. The highest BCUT2D eigenvalue weighted by atomic mass is 16.5. The Bertz CT molecular complexity index is 659. The Kier molecular flexibility index (Phi) is 5.46. The number of nitrogens with zero attached hydrogens (tertiary/aromatic N) is 1. The lowest BCUT2D eigenvalue weighted by Gasteiger charge is -2.27. The lowest BCUT2D eigenvalue weighted by atomic mass is 10.1. The molecule has 0 aliphatic carbocycles. The first kappa shape index (κ1) is 16.7. The normalized spacial score (nSPS) is 11.6. The van der Waals surface area contributed by atoms with Crippen LogP contribution in [0.2, 0.25) is 0 Å². The van der Waals surface area contributed by atoms with Crippen molar-refractivity contribution in [3.05, 3.63) is 54.1 Å². The van der Waals surface area contributed by atoms with E-state index in [1.54, 1.807) is 12.1 Å². The highest BCUT2D eigenvalue weighted by Crippen LogP contribution is 2.23. The van der Waals surface area contributed by atoms with Crippen LogP contribution < -0.4 is 15.0 Å². The molecular formula is C18H22N2O3. The van der Waals surface area contributed by atoms with Crippen LogP contribution in [0.15, 0.2) is 48.5 Å². The zero-order valence-corrected chi connectivity index (χ0v) is 13.6. The highest BCUT2D eigenvalue weighted by Gasteiger charge is 2.15. The first-order valence-corrected chi connectivity index (χ1v) is 7.46. The van der Waals surface area contributed by atoms with Crippen LogP contribution in [0.1, 0.15) is 17.3 Å². The Hall–Kier alpha value is -2.69. The third-order valence-electron chi connectivity index (χ3n) is 3.83. The summed E-state index contributed by atoms with van der Waals surface area (Å²) in [6, 6.07) is 14.7. The van der Waals surface area contributed by atoms with Gasteiger partial charge in [-0.25, -0.2) is 0 Å². The molecule has 0 aliphatic rings. The molecule has 2 rings (SSSR count). The number of para-hydroxylation sites is 1. The van der Waals surface area contributed by atoms with Crippen LogP contribution in [0.25, 0.3) is 0 Å². The van der Waals surface area contributed by atoms with Crippen LogP contribution in [0.5, 0.6) is 11.5 Å². The molecule has 0 saturated carbocycles. The Morgan fingerprint density at radius 3 is 2.57 bits per heavy atom. The van der Waals surface area contributed by atoms with Crippen LogP contribution in [0.4, 0.5) is 5.69 Å². The quantitative estimate of drug-likeness (QED) is 0.860. The summed E-state index contributed by atoms with van der Waals surface area (Å²) in [6.45, 7) is 2.50. The maximum atomic E-state index is 12.2. The summed E-state index contributed by atoms with van der Waals surface area (Å²) in [5.41, 5.74) is 1.32. The number of hydrogen-bond acceptors (Lipinski definition) is 4. The molecule has 2 aromatic carbocycles. The minimum Gasteiger partial charge on any atom is -0.507 e. The predicted octanol–water partition coefficient (Wildman–Crippen LogP) is 2.66. The lowest BCUT2D eigenvalue weighted by molar-refractivity contribution is 0.0949. The highest BCUT2D eigenvalue weighted by molar-refractivity contribution is 5.97. The van der Waals surface area contributed by atoms with Crippen molar-refractivity contribution in [2.75, 3.05) is 25.6 Å². The van der Waals surface area contributed by atoms with E-state index >= 15 is 0 Å². The van der Waals surface area contributed by atoms with E-state index in [0.29, 0.717) is 12.3 Å². The molecule has 2 N–H and O–H groups in total. The van der Waals surface area contributed by atoms with Gasteiger partial charge in [-0.15, -0.1) is 0 Å². The molecule has 1 atom stereocenters. The number of hydrogen-bond donors (Lipinski definition) is 2. The van der Waals surface area contributed by atoms with Gasteiger partial charge in [0.25, 0.3) is 5.91 Å². The number of ether oxygens (including phenoxy) is 1. The first-order chi connectivity index (χ1) is 11.0. The van der Waals surface area contributed by atoms with Gasteiger partial charge < -0.3 is 20.1 Å². The largest absolute Gasteiger partial charge is 0.507 e. The number of carbonyl (C=O) groups is 1. The maximum Gasteiger partial charge on any atom is 0.255 e. The number of anilines is 1. The van der Waals surface area contributed by atoms with Gasteiger partial charge in [-0.3, -0.25) is 4.79 Å². The van der Waals surface area contributed by atoms with Gasteiger partial charge in [-0.1, -0.05) is 18.2 Å². The summed E-state index contributed by atoms with van der Waals surface area (Å²) < 4.78 is 5.01. The number of benzene rings is 2. The minimum absolute atomic E-state index is 0.0917. The van der Waals surface area contributed by atoms with Crippen LogP contribution in [-0.4, -0.2) is 37.8 Å². The van der Waals surface area contributed by atoms with Crippen molar-refractivity contribution in [1.29, 1.82) is 0 Å². The zero-order chi connectivity index (χ0) is 16.8. The van der Waals surface area contributed by atoms with Gasteiger partial charge in [0.1, 0.15) is 11.5 Å². The van der Waals surface area contributed by atoms with Gasteiger partial charge in [0.2, 0.25) is 0 Å². The second-order valence-corrected chi connectivity index (χ2v) is 5.39. The van der Waals surface area contributed by atoms with E-state index in [-0.39, 0.29) is 23.3 Å². The number of carbonyl (C=O) groups excluding carboxylic acids is 1. The first-order valence-electron chi connectivity index (χ1n) is 7.46. The predicted molar refractivity (Wildman–Crippen MR) is 91.3 cm³/mol. The molecule has 0 fully saturated rings. The Morgan fingerprint density at radius 1 is 1.26 bits per heavy atom. The summed E-state index contributed by atoms with van der Waals surface area (Å²) in [5, 5.41) is 12.7. The van der Waals surface area contributed by atoms with Crippen molar-refractivity contribution in [2.45, 2.75) is 13.0 Å². The van der Waals surface area contributed by atoms with Crippen molar-refractivity contribution in [3.8, 4) is 11.5 Å². The zero-order valence-electron chi connectivity index (χ0n) is 13.6. The van der Waals surface area contributed by atoms with E-state index in [1.807, 2.05) is 44.3 Å². The van der Waals surface area contributed by atoms with E-state index in [1.165, 1.54) is 13.2 Å². The van der Waals surface area contributed by atoms with Gasteiger partial charge in [0.15, 0.2) is 0 Å². The summed E-state index contributed by atoms with van der Waals surface area (Å²) in [6.07, 6.45) is 0. The van der Waals surface area contributed by atoms with Crippen LogP contribution in [0.3, 0.4) is 0 Å². The van der Waals surface area contributed by atoms with E-state index < -0.39 is 0 Å². The molecule has 23 heavy (non-hydrogen) atoms. The standard InChI is InChI=1S/C18H22N2O3/c1-13(20(2)14-7-5-4-6-8-14)12-19-18(22)16-10-9-15(23-3)11-17(16)21/h4-11,13,21H,12H2,1-3H3,(H,19,22)/t13-/m0/s1. The second-order valence-electron chi connectivity index (χ2n) is 5.39. The molecule has 0 spiro atoms. The van der Waals surface area contributed by atoms with Crippen molar-refractivity contribution < 1.29 is 14.6 Å². The Labute approximate surface area is 136 Å². The minimum atomic E-state index is -0.307. The number of amides is 1. The number of phenolic OH excluding ortho intramolecular Hbond substituents is 1. The molecule has 0 saturated heterocycles. The molecule has 0 aromatic heterocycles. The smallest absolute Gasteiger partial charge is 0.255 e. The monoisotopic (exact) mass is 314 g/mol. The van der Waals surface area contributed by atoms with Crippen molar-refractivity contribution >= 4 is 11.6 Å². The van der Waals surface area contributed by atoms with Crippen LogP contribution in [-0.2, 0) is 0 Å². The maximum absolute atomic E-state index is 12.2.